The molecule has 0 atom stereocenters. The number of urea groups is 1. The SMILES string of the molecule is O=C(N/C=C/C1CC1)NC12CC3CC(CC(C3)C1)C2. The summed E-state index contributed by atoms with van der Waals surface area (Å²) >= 11 is 0. The van der Waals surface area contributed by atoms with Crippen LogP contribution in [0.4, 0.5) is 4.79 Å². The fourth-order valence-corrected chi connectivity index (χ4v) is 5.09. The smallest absolute Gasteiger partial charge is 0.319 e. The third-order valence-electron chi connectivity index (χ3n) is 5.62. The van der Waals surface area contributed by atoms with Crippen LogP contribution in [-0.4, -0.2) is 11.6 Å². The minimum atomic E-state index is 0.0128. The molecule has 5 rings (SSSR count). The molecule has 0 heterocycles. The predicted octanol–water partition coefficient (Wildman–Crippen LogP) is 3.18. The van der Waals surface area contributed by atoms with E-state index in [4.69, 9.17) is 0 Å². The monoisotopic (exact) mass is 260 g/mol. The quantitative estimate of drug-likeness (QED) is 0.804. The summed E-state index contributed by atoms with van der Waals surface area (Å²) in [6.07, 6.45) is 14.5. The van der Waals surface area contributed by atoms with Crippen LogP contribution in [0, 0.1) is 23.7 Å². The highest BCUT2D eigenvalue weighted by Crippen LogP contribution is 2.55. The van der Waals surface area contributed by atoms with Gasteiger partial charge in [-0.3, -0.25) is 0 Å². The van der Waals surface area contributed by atoms with Gasteiger partial charge in [-0.1, -0.05) is 6.08 Å². The van der Waals surface area contributed by atoms with E-state index in [1.165, 1.54) is 51.4 Å². The highest BCUT2D eigenvalue weighted by atomic mass is 16.2. The second-order valence-electron chi connectivity index (χ2n) is 7.49. The molecule has 0 radical (unpaired) electrons. The molecule has 19 heavy (non-hydrogen) atoms. The third kappa shape index (κ3) is 2.39. The molecule has 5 aliphatic rings. The molecule has 2 amide bonds. The molecule has 2 N–H and O–H groups in total. The summed E-state index contributed by atoms with van der Waals surface area (Å²) in [5.41, 5.74) is 0.131. The summed E-state index contributed by atoms with van der Waals surface area (Å²) in [5.74, 6) is 3.37. The Bertz CT molecular complexity index is 376. The summed E-state index contributed by atoms with van der Waals surface area (Å²) in [6.45, 7) is 0. The number of rotatable bonds is 3. The zero-order valence-electron chi connectivity index (χ0n) is 11.5. The van der Waals surface area contributed by atoms with Gasteiger partial charge in [0.15, 0.2) is 0 Å². The Hall–Kier alpha value is -0.990. The van der Waals surface area contributed by atoms with E-state index in [-0.39, 0.29) is 11.6 Å². The zero-order valence-corrected chi connectivity index (χ0v) is 11.5. The number of carbonyl (C=O) groups is 1. The molecule has 0 unspecified atom stereocenters. The van der Waals surface area contributed by atoms with Crippen molar-refractivity contribution >= 4 is 6.03 Å². The highest BCUT2D eigenvalue weighted by Gasteiger charge is 2.51. The average molecular weight is 260 g/mol. The van der Waals surface area contributed by atoms with E-state index < -0.39 is 0 Å². The molecule has 3 heteroatoms. The van der Waals surface area contributed by atoms with Crippen molar-refractivity contribution in [3.05, 3.63) is 12.3 Å². The summed E-state index contributed by atoms with van der Waals surface area (Å²) in [5, 5.41) is 6.22. The lowest BCUT2D eigenvalue weighted by Crippen LogP contribution is -2.61. The normalized spacial score (nSPS) is 43.7. The van der Waals surface area contributed by atoms with Gasteiger partial charge in [0.2, 0.25) is 0 Å². The van der Waals surface area contributed by atoms with E-state index in [1.807, 2.05) is 6.20 Å². The molecule has 0 aliphatic heterocycles. The average Bonchev–Trinajstić information content (AvgIpc) is 3.10. The van der Waals surface area contributed by atoms with E-state index >= 15 is 0 Å². The molecule has 104 valence electrons. The first-order chi connectivity index (χ1) is 9.21. The molecule has 4 bridgehead atoms. The molecular formula is C16H24N2O. The van der Waals surface area contributed by atoms with Crippen molar-refractivity contribution in [2.45, 2.75) is 56.9 Å². The minimum absolute atomic E-state index is 0.0128. The maximum absolute atomic E-state index is 12.1. The molecule has 3 nitrogen and oxygen atoms in total. The first kappa shape index (κ1) is 11.8. The standard InChI is InChI=1S/C16H24N2O/c19-15(17-4-3-11-1-2-11)18-16-8-12-5-13(9-16)7-14(6-12)10-16/h3-4,11-14H,1-2,5-10H2,(H2,17,18,19)/b4-3+. The fraction of sp³-hybridized carbons (Fsp3) is 0.812. The Labute approximate surface area is 115 Å². The van der Waals surface area contributed by atoms with Crippen molar-refractivity contribution in [1.29, 1.82) is 0 Å². The van der Waals surface area contributed by atoms with Crippen LogP contribution in [0.1, 0.15) is 51.4 Å². The van der Waals surface area contributed by atoms with Gasteiger partial charge in [0.25, 0.3) is 0 Å². The van der Waals surface area contributed by atoms with E-state index in [2.05, 4.69) is 16.7 Å². The number of hydrogen-bond donors (Lipinski definition) is 2. The summed E-state index contributed by atoms with van der Waals surface area (Å²) in [6, 6.07) is 0.0128. The van der Waals surface area contributed by atoms with Crippen molar-refractivity contribution in [1.82, 2.24) is 10.6 Å². The number of amides is 2. The van der Waals surface area contributed by atoms with Crippen LogP contribution in [0.15, 0.2) is 12.3 Å². The third-order valence-corrected chi connectivity index (χ3v) is 5.62. The van der Waals surface area contributed by atoms with E-state index in [9.17, 15) is 4.79 Å². The number of carbonyl (C=O) groups excluding carboxylic acids is 1. The van der Waals surface area contributed by atoms with Gasteiger partial charge >= 0.3 is 6.03 Å². The highest BCUT2D eigenvalue weighted by molar-refractivity contribution is 5.75. The van der Waals surface area contributed by atoms with Crippen molar-refractivity contribution < 1.29 is 4.79 Å². The Morgan fingerprint density at radius 3 is 2.11 bits per heavy atom. The fourth-order valence-electron chi connectivity index (χ4n) is 5.09. The summed E-state index contributed by atoms with van der Waals surface area (Å²) in [7, 11) is 0. The molecule has 0 aromatic rings. The van der Waals surface area contributed by atoms with Crippen molar-refractivity contribution in [3.8, 4) is 0 Å². The van der Waals surface area contributed by atoms with Crippen LogP contribution in [0.5, 0.6) is 0 Å². The molecule has 5 aliphatic carbocycles. The lowest BCUT2D eigenvalue weighted by Gasteiger charge is -2.56. The van der Waals surface area contributed by atoms with Gasteiger partial charge in [-0.05, 0) is 75.0 Å². The lowest BCUT2D eigenvalue weighted by atomic mass is 9.53. The second kappa shape index (κ2) is 4.26. The largest absolute Gasteiger partial charge is 0.332 e. The van der Waals surface area contributed by atoms with E-state index in [0.717, 1.165) is 23.7 Å². The number of allylic oxidation sites excluding steroid dienone is 1. The topological polar surface area (TPSA) is 41.1 Å². The van der Waals surface area contributed by atoms with Gasteiger partial charge in [-0.25, -0.2) is 4.79 Å². The lowest BCUT2D eigenvalue weighted by molar-refractivity contribution is -0.0133. The maximum Gasteiger partial charge on any atom is 0.319 e. The Kier molecular flexibility index (Phi) is 2.64. The minimum Gasteiger partial charge on any atom is -0.332 e. The molecule has 5 fully saturated rings. The van der Waals surface area contributed by atoms with Crippen molar-refractivity contribution in [2.24, 2.45) is 23.7 Å². The van der Waals surface area contributed by atoms with Crippen LogP contribution in [0.25, 0.3) is 0 Å². The Morgan fingerprint density at radius 1 is 1.00 bits per heavy atom. The van der Waals surface area contributed by atoms with Crippen molar-refractivity contribution in [3.63, 3.8) is 0 Å². The molecule has 0 aromatic carbocycles. The van der Waals surface area contributed by atoms with Gasteiger partial charge in [0.05, 0.1) is 0 Å². The summed E-state index contributed by atoms with van der Waals surface area (Å²) < 4.78 is 0. The Morgan fingerprint density at radius 2 is 1.58 bits per heavy atom. The number of nitrogens with one attached hydrogen (secondary N) is 2. The maximum atomic E-state index is 12.1. The van der Waals surface area contributed by atoms with Crippen LogP contribution < -0.4 is 10.6 Å². The molecule has 0 spiro atoms. The molecule has 5 saturated carbocycles. The van der Waals surface area contributed by atoms with Gasteiger partial charge in [0.1, 0.15) is 0 Å². The Balaban J connectivity index is 1.37. The molecule has 0 aromatic heterocycles. The first-order valence-corrected chi connectivity index (χ1v) is 7.96. The van der Waals surface area contributed by atoms with Gasteiger partial charge < -0.3 is 10.6 Å². The number of hydrogen-bond acceptors (Lipinski definition) is 1. The van der Waals surface area contributed by atoms with E-state index in [0.29, 0.717) is 0 Å². The van der Waals surface area contributed by atoms with Crippen LogP contribution in [-0.2, 0) is 0 Å². The molecule has 0 saturated heterocycles. The zero-order chi connectivity index (χ0) is 12.9. The van der Waals surface area contributed by atoms with E-state index in [1.54, 1.807) is 0 Å². The van der Waals surface area contributed by atoms with Gasteiger partial charge in [0, 0.05) is 11.7 Å². The second-order valence-corrected chi connectivity index (χ2v) is 7.49. The van der Waals surface area contributed by atoms with Gasteiger partial charge in [-0.15, -0.1) is 0 Å². The van der Waals surface area contributed by atoms with Crippen molar-refractivity contribution in [2.75, 3.05) is 0 Å². The van der Waals surface area contributed by atoms with Gasteiger partial charge in [-0.2, -0.15) is 0 Å². The summed E-state index contributed by atoms with van der Waals surface area (Å²) in [4.78, 5) is 12.1. The molecular weight excluding hydrogens is 236 g/mol. The van der Waals surface area contributed by atoms with Crippen LogP contribution in [0.3, 0.4) is 0 Å². The first-order valence-electron chi connectivity index (χ1n) is 7.96. The van der Waals surface area contributed by atoms with Crippen LogP contribution >= 0.6 is 0 Å². The predicted molar refractivity (Wildman–Crippen MR) is 74.4 cm³/mol. The van der Waals surface area contributed by atoms with Crippen LogP contribution in [0.2, 0.25) is 0 Å².